The molecule has 8 nitrogen and oxygen atoms in total. The predicted molar refractivity (Wildman–Crippen MR) is 193 cm³/mol. The Kier molecular flexibility index (Phi) is 9.50. The molecule has 0 bridgehead atoms. The first kappa shape index (κ1) is 32.0. The second-order valence-electron chi connectivity index (χ2n) is 12.8. The Labute approximate surface area is 282 Å². The Hall–Kier alpha value is -4.60. The van der Waals surface area contributed by atoms with E-state index in [1.807, 2.05) is 24.3 Å². The average Bonchev–Trinajstić information content (AvgIpc) is 3.67. The lowest BCUT2D eigenvalue weighted by Gasteiger charge is -2.36. The number of fused-ring (bicyclic) bond motifs is 2. The molecule has 1 aliphatic heterocycles. The van der Waals surface area contributed by atoms with Crippen LogP contribution >= 0.6 is 0 Å². The molecule has 1 aliphatic rings. The van der Waals surface area contributed by atoms with E-state index in [1.165, 1.54) is 0 Å². The number of aromatic nitrogens is 2. The summed E-state index contributed by atoms with van der Waals surface area (Å²) in [5.74, 6) is 1.65. The molecule has 0 saturated carbocycles. The highest BCUT2D eigenvalue weighted by Gasteiger charge is 2.23. The molecule has 2 atom stereocenters. The van der Waals surface area contributed by atoms with E-state index in [4.69, 9.17) is 9.47 Å². The summed E-state index contributed by atoms with van der Waals surface area (Å²) in [6.07, 6.45) is -1.04. The predicted octanol–water partition coefficient (Wildman–Crippen LogP) is 5.99. The molecule has 0 radical (unpaired) electrons. The molecule has 3 heterocycles. The number of aliphatic hydroxyl groups is 2. The smallest absolute Gasteiger partial charge is 0.118 e. The van der Waals surface area contributed by atoms with E-state index in [9.17, 15) is 10.2 Å². The number of rotatable bonds is 12. The fourth-order valence-corrected chi connectivity index (χ4v) is 7.10. The summed E-state index contributed by atoms with van der Waals surface area (Å²) in [6.45, 7) is 5.63. The maximum Gasteiger partial charge on any atom is 0.118 e. The molecule has 8 heteroatoms. The van der Waals surface area contributed by atoms with E-state index < -0.39 is 12.2 Å². The molecule has 7 rings (SSSR count). The number of hydrogen-bond acceptors (Lipinski definition) is 6. The summed E-state index contributed by atoms with van der Waals surface area (Å²) in [6, 6.07) is 37.3. The van der Waals surface area contributed by atoms with Crippen LogP contribution in [0.5, 0.6) is 11.5 Å². The number of β-amino-alcohol motifs (C(OH)–C–C–N with tert-alkyl or cyclic N) is 2. The Bertz CT molecular complexity index is 1810. The van der Waals surface area contributed by atoms with Crippen molar-refractivity contribution >= 4 is 21.8 Å². The van der Waals surface area contributed by atoms with Gasteiger partial charge in [0, 0.05) is 72.5 Å². The zero-order valence-corrected chi connectivity index (χ0v) is 27.7. The molecule has 48 heavy (non-hydrogen) atoms. The highest BCUT2D eigenvalue weighted by atomic mass is 16.5. The minimum atomic E-state index is -0.520. The van der Waals surface area contributed by atoms with Crippen LogP contribution in [0.4, 0.5) is 0 Å². The lowest BCUT2D eigenvalue weighted by atomic mass is 10.1. The van der Waals surface area contributed by atoms with Crippen LogP contribution in [0.3, 0.4) is 0 Å². The molecular weight excluding hydrogens is 600 g/mol. The zero-order valence-electron chi connectivity index (χ0n) is 27.7. The first-order valence-corrected chi connectivity index (χ1v) is 16.8. The number of aliphatic hydroxyl groups excluding tert-OH is 2. The largest absolute Gasteiger partial charge is 0.497 e. The molecule has 0 amide bonds. The zero-order chi connectivity index (χ0) is 33.0. The Morgan fingerprint density at radius 2 is 0.896 bits per heavy atom. The minimum Gasteiger partial charge on any atom is -0.497 e. The van der Waals surface area contributed by atoms with Crippen LogP contribution in [-0.4, -0.2) is 94.8 Å². The topological polar surface area (TPSA) is 75.3 Å². The highest BCUT2D eigenvalue weighted by Crippen LogP contribution is 2.31. The summed E-state index contributed by atoms with van der Waals surface area (Å²) >= 11 is 0. The van der Waals surface area contributed by atoms with Gasteiger partial charge in [0.05, 0.1) is 39.5 Å². The van der Waals surface area contributed by atoms with E-state index in [0.717, 1.165) is 82.0 Å². The normalized spacial score (nSPS) is 15.6. The number of piperazine rings is 1. The van der Waals surface area contributed by atoms with Gasteiger partial charge < -0.3 is 28.8 Å². The number of hydrogen-bond donors (Lipinski definition) is 2. The van der Waals surface area contributed by atoms with Crippen molar-refractivity contribution < 1.29 is 19.7 Å². The standard InChI is InChI=1S/C40H44N4O4/c1-47-35-15-11-29(12-16-35)39-23-31-7-3-5-9-37(31)43(39)27-33(45)25-41-19-21-42(22-20-41)26-34(46)28-44-38-10-6-4-8-32(38)24-40(44)30-13-17-36(48-2)18-14-30/h3-18,23-24,33-34,45-46H,19-22,25-28H2,1-2H3/t33-,34+. The number of para-hydroxylation sites is 2. The van der Waals surface area contributed by atoms with Crippen LogP contribution in [0, 0.1) is 0 Å². The van der Waals surface area contributed by atoms with Crippen LogP contribution in [0.25, 0.3) is 44.3 Å². The van der Waals surface area contributed by atoms with Crippen LogP contribution in [0.1, 0.15) is 0 Å². The maximum absolute atomic E-state index is 11.3. The van der Waals surface area contributed by atoms with Crippen molar-refractivity contribution in [2.75, 3.05) is 53.5 Å². The van der Waals surface area contributed by atoms with Gasteiger partial charge in [0.1, 0.15) is 11.5 Å². The number of methoxy groups -OCH3 is 2. The summed E-state index contributed by atoms with van der Waals surface area (Å²) in [5.41, 5.74) is 6.59. The number of ether oxygens (including phenoxy) is 2. The van der Waals surface area contributed by atoms with Gasteiger partial charge in [-0.3, -0.25) is 9.80 Å². The molecule has 248 valence electrons. The molecule has 4 aromatic carbocycles. The molecule has 0 aliphatic carbocycles. The second-order valence-corrected chi connectivity index (χ2v) is 12.8. The van der Waals surface area contributed by atoms with Crippen molar-refractivity contribution in [1.82, 2.24) is 18.9 Å². The fraction of sp³-hybridized carbons (Fsp3) is 0.300. The van der Waals surface area contributed by atoms with E-state index in [2.05, 4.69) is 104 Å². The molecule has 6 aromatic rings. The highest BCUT2D eigenvalue weighted by molar-refractivity contribution is 5.88. The number of nitrogens with zero attached hydrogens (tertiary/aromatic N) is 4. The van der Waals surface area contributed by atoms with E-state index in [1.54, 1.807) is 14.2 Å². The van der Waals surface area contributed by atoms with Gasteiger partial charge in [-0.15, -0.1) is 0 Å². The van der Waals surface area contributed by atoms with Gasteiger partial charge in [0.2, 0.25) is 0 Å². The van der Waals surface area contributed by atoms with Gasteiger partial charge in [0.25, 0.3) is 0 Å². The SMILES string of the molecule is COc1ccc(-c2cc3ccccc3n2C[C@H](O)CN2CCN(C[C@H](O)Cn3c(-c4ccc(OC)cc4)cc4ccccc43)CC2)cc1. The molecule has 0 spiro atoms. The molecule has 0 unspecified atom stereocenters. The molecule has 2 N–H and O–H groups in total. The lowest BCUT2D eigenvalue weighted by molar-refractivity contribution is 0.0412. The van der Waals surface area contributed by atoms with Crippen LogP contribution in [-0.2, 0) is 13.1 Å². The minimum absolute atomic E-state index is 0.509. The van der Waals surface area contributed by atoms with Gasteiger partial charge in [-0.05, 0) is 83.9 Å². The third-order valence-electron chi connectivity index (χ3n) is 9.58. The Morgan fingerprint density at radius 1 is 0.521 bits per heavy atom. The van der Waals surface area contributed by atoms with Crippen molar-refractivity contribution in [3.8, 4) is 34.0 Å². The van der Waals surface area contributed by atoms with Gasteiger partial charge in [-0.2, -0.15) is 0 Å². The van der Waals surface area contributed by atoms with Gasteiger partial charge in [0.15, 0.2) is 0 Å². The third-order valence-corrected chi connectivity index (χ3v) is 9.58. The van der Waals surface area contributed by atoms with Gasteiger partial charge in [-0.25, -0.2) is 0 Å². The third kappa shape index (κ3) is 6.84. The first-order chi connectivity index (χ1) is 23.5. The van der Waals surface area contributed by atoms with Crippen molar-refractivity contribution in [3.05, 3.63) is 109 Å². The molecule has 1 fully saturated rings. The van der Waals surface area contributed by atoms with Crippen LogP contribution in [0.15, 0.2) is 109 Å². The summed E-state index contributed by atoms with van der Waals surface area (Å²) < 4.78 is 15.2. The summed E-state index contributed by atoms with van der Waals surface area (Å²) in [4.78, 5) is 4.68. The van der Waals surface area contributed by atoms with Gasteiger partial charge in [-0.1, -0.05) is 36.4 Å². The molecule has 1 saturated heterocycles. The fourth-order valence-electron chi connectivity index (χ4n) is 7.10. The van der Waals surface area contributed by atoms with Crippen molar-refractivity contribution in [1.29, 1.82) is 0 Å². The van der Waals surface area contributed by atoms with E-state index >= 15 is 0 Å². The Morgan fingerprint density at radius 3 is 1.27 bits per heavy atom. The van der Waals surface area contributed by atoms with Crippen molar-refractivity contribution in [2.45, 2.75) is 25.3 Å². The second kappa shape index (κ2) is 14.3. The lowest BCUT2D eigenvalue weighted by Crippen LogP contribution is -2.50. The Balaban J connectivity index is 0.970. The summed E-state index contributed by atoms with van der Waals surface area (Å²) in [5, 5.41) is 25.0. The quantitative estimate of drug-likeness (QED) is 0.171. The van der Waals surface area contributed by atoms with Crippen LogP contribution in [0.2, 0.25) is 0 Å². The van der Waals surface area contributed by atoms with E-state index in [-0.39, 0.29) is 0 Å². The van der Waals surface area contributed by atoms with Crippen molar-refractivity contribution in [2.24, 2.45) is 0 Å². The molecule has 2 aromatic heterocycles. The van der Waals surface area contributed by atoms with Crippen molar-refractivity contribution in [3.63, 3.8) is 0 Å². The average molecular weight is 645 g/mol. The monoisotopic (exact) mass is 644 g/mol. The van der Waals surface area contributed by atoms with Crippen LogP contribution < -0.4 is 9.47 Å². The number of benzene rings is 4. The first-order valence-electron chi connectivity index (χ1n) is 16.8. The van der Waals surface area contributed by atoms with Gasteiger partial charge >= 0.3 is 0 Å². The summed E-state index contributed by atoms with van der Waals surface area (Å²) in [7, 11) is 3.35. The maximum atomic E-state index is 11.3. The van der Waals surface area contributed by atoms with E-state index in [0.29, 0.717) is 26.2 Å². The molecular formula is C40H44N4O4.